The maximum atomic E-state index is 10.8. The topological polar surface area (TPSA) is 77.8 Å². The third kappa shape index (κ3) is 3.31. The Balaban J connectivity index is 2.26. The minimum absolute atomic E-state index is 0.203. The van der Waals surface area contributed by atoms with Crippen LogP contribution in [-0.4, -0.2) is 28.2 Å². The van der Waals surface area contributed by atoms with Gasteiger partial charge >= 0.3 is 13.1 Å². The van der Waals surface area contributed by atoms with Gasteiger partial charge in [-0.15, -0.1) is 0 Å². The second-order valence-electron chi connectivity index (χ2n) is 4.05. The lowest BCUT2D eigenvalue weighted by molar-refractivity contribution is -0.143. The summed E-state index contributed by atoms with van der Waals surface area (Å²) in [7, 11) is -1.25. The van der Waals surface area contributed by atoms with Gasteiger partial charge in [-0.05, 0) is 25.1 Å². The van der Waals surface area contributed by atoms with Crippen molar-refractivity contribution in [3.63, 3.8) is 0 Å². The number of carboxylic acid groups (broad SMARTS) is 1. The summed E-state index contributed by atoms with van der Waals surface area (Å²) in [4.78, 5) is 10.8. The predicted octanol–water partition coefficient (Wildman–Crippen LogP) is 0.740. The highest BCUT2D eigenvalue weighted by Crippen LogP contribution is 2.35. The average Bonchev–Trinajstić information content (AvgIpc) is 2.51. The zero-order valence-electron chi connectivity index (χ0n) is 8.22. The van der Waals surface area contributed by atoms with Crippen LogP contribution in [0.1, 0.15) is 32.1 Å². The molecule has 0 aromatic heterocycles. The van der Waals surface area contributed by atoms with Gasteiger partial charge in [-0.2, -0.15) is 0 Å². The second kappa shape index (κ2) is 5.36. The highest BCUT2D eigenvalue weighted by molar-refractivity contribution is 6.40. The molecular weight excluding hydrogens is 183 g/mol. The molecule has 80 valence electrons. The van der Waals surface area contributed by atoms with E-state index < -0.39 is 13.1 Å². The molecule has 3 N–H and O–H groups in total. The lowest BCUT2D eigenvalue weighted by atomic mass is 9.80. The van der Waals surface area contributed by atoms with Gasteiger partial charge in [-0.3, -0.25) is 4.79 Å². The van der Waals surface area contributed by atoms with E-state index in [2.05, 4.69) is 0 Å². The molecule has 5 heteroatoms. The van der Waals surface area contributed by atoms with Gasteiger partial charge in [-0.25, -0.2) is 0 Å². The zero-order chi connectivity index (χ0) is 10.6. The zero-order valence-corrected chi connectivity index (χ0v) is 8.22. The predicted molar refractivity (Wildman–Crippen MR) is 52.7 cm³/mol. The maximum Gasteiger partial charge on any atom is 0.451 e. The van der Waals surface area contributed by atoms with Crippen molar-refractivity contribution >= 4 is 13.1 Å². The van der Waals surface area contributed by atoms with Gasteiger partial charge in [0.2, 0.25) is 0 Å². The molecule has 14 heavy (non-hydrogen) atoms. The Kier molecular flexibility index (Phi) is 4.42. The Hall–Kier alpha value is -0.545. The third-order valence-corrected chi connectivity index (χ3v) is 3.01. The van der Waals surface area contributed by atoms with Crippen LogP contribution in [0.4, 0.5) is 0 Å². The van der Waals surface area contributed by atoms with Gasteiger partial charge in [0, 0.05) is 0 Å². The number of carbonyl (C=O) groups is 1. The van der Waals surface area contributed by atoms with E-state index in [9.17, 15) is 4.79 Å². The van der Waals surface area contributed by atoms with Crippen LogP contribution in [0.2, 0.25) is 6.32 Å². The van der Waals surface area contributed by atoms with Crippen molar-refractivity contribution in [2.75, 3.05) is 0 Å². The summed E-state index contributed by atoms with van der Waals surface area (Å²) in [5.74, 6) is -0.658. The summed E-state index contributed by atoms with van der Waals surface area (Å²) >= 11 is 0. The van der Waals surface area contributed by atoms with E-state index in [1.165, 1.54) is 0 Å². The van der Waals surface area contributed by atoms with E-state index in [0.717, 1.165) is 25.7 Å². The second-order valence-corrected chi connectivity index (χ2v) is 4.05. The summed E-state index contributed by atoms with van der Waals surface area (Å²) < 4.78 is 0. The molecule has 2 atom stereocenters. The van der Waals surface area contributed by atoms with Crippen LogP contribution in [-0.2, 0) is 4.79 Å². The van der Waals surface area contributed by atoms with Gasteiger partial charge in [0.15, 0.2) is 0 Å². The molecule has 0 saturated heterocycles. The summed E-state index contributed by atoms with van der Waals surface area (Å²) in [5, 5.41) is 26.2. The molecule has 0 bridgehead atoms. The molecule has 1 aliphatic rings. The van der Waals surface area contributed by atoms with Crippen molar-refractivity contribution in [1.29, 1.82) is 0 Å². The SMILES string of the molecule is O=C(O)C1CCCC1CCCB(O)O. The Labute approximate surface area is 84.1 Å². The van der Waals surface area contributed by atoms with Crippen LogP contribution >= 0.6 is 0 Å². The average molecular weight is 200 g/mol. The molecule has 2 unspecified atom stereocenters. The molecule has 0 aromatic carbocycles. The van der Waals surface area contributed by atoms with Crippen molar-refractivity contribution < 1.29 is 19.9 Å². The highest BCUT2D eigenvalue weighted by Gasteiger charge is 2.32. The lowest BCUT2D eigenvalue weighted by Gasteiger charge is -2.14. The number of aliphatic carboxylic acids is 1. The van der Waals surface area contributed by atoms with E-state index in [1.807, 2.05) is 0 Å². The number of carboxylic acids is 1. The van der Waals surface area contributed by atoms with Gasteiger partial charge in [0.1, 0.15) is 0 Å². The van der Waals surface area contributed by atoms with Crippen LogP contribution in [0, 0.1) is 11.8 Å². The standard InChI is InChI=1S/C9H17BO4/c11-9(12)8-5-1-3-7(8)4-2-6-10(13)14/h7-8,13-14H,1-6H2,(H,11,12). The fourth-order valence-corrected chi connectivity index (χ4v) is 2.27. The minimum atomic E-state index is -1.25. The largest absolute Gasteiger partial charge is 0.481 e. The Bertz CT molecular complexity index is 195. The summed E-state index contributed by atoms with van der Waals surface area (Å²) in [6, 6.07) is 0. The Morgan fingerprint density at radius 2 is 2.07 bits per heavy atom. The molecule has 0 heterocycles. The summed E-state index contributed by atoms with van der Waals surface area (Å²) in [6.07, 6.45) is 4.59. The fraction of sp³-hybridized carbons (Fsp3) is 0.889. The highest BCUT2D eigenvalue weighted by atomic mass is 16.4. The molecule has 0 amide bonds. The number of rotatable bonds is 5. The first-order valence-electron chi connectivity index (χ1n) is 5.20. The normalized spacial score (nSPS) is 26.4. The molecular formula is C9H17BO4. The Morgan fingerprint density at radius 1 is 1.36 bits per heavy atom. The molecule has 1 rings (SSSR count). The molecule has 0 radical (unpaired) electrons. The number of hydrogen-bond donors (Lipinski definition) is 3. The van der Waals surface area contributed by atoms with E-state index in [4.69, 9.17) is 15.2 Å². The molecule has 0 spiro atoms. The van der Waals surface area contributed by atoms with E-state index in [0.29, 0.717) is 12.7 Å². The minimum Gasteiger partial charge on any atom is -0.481 e. The van der Waals surface area contributed by atoms with Crippen LogP contribution in [0.15, 0.2) is 0 Å². The summed E-state index contributed by atoms with van der Waals surface area (Å²) in [5.41, 5.74) is 0. The Morgan fingerprint density at radius 3 is 2.64 bits per heavy atom. The van der Waals surface area contributed by atoms with Gasteiger partial charge < -0.3 is 15.2 Å². The monoisotopic (exact) mass is 200 g/mol. The van der Waals surface area contributed by atoms with E-state index >= 15 is 0 Å². The molecule has 0 aromatic rings. The lowest BCUT2D eigenvalue weighted by Crippen LogP contribution is -2.19. The summed E-state index contributed by atoms with van der Waals surface area (Å²) in [6.45, 7) is 0. The quantitative estimate of drug-likeness (QED) is 0.572. The van der Waals surface area contributed by atoms with Crippen molar-refractivity contribution in [2.45, 2.75) is 38.4 Å². The van der Waals surface area contributed by atoms with Crippen LogP contribution in [0.5, 0.6) is 0 Å². The fourth-order valence-electron chi connectivity index (χ4n) is 2.27. The molecule has 1 aliphatic carbocycles. The van der Waals surface area contributed by atoms with Gasteiger partial charge in [0.25, 0.3) is 0 Å². The molecule has 0 aliphatic heterocycles. The maximum absolute atomic E-state index is 10.8. The van der Waals surface area contributed by atoms with Gasteiger partial charge in [0.05, 0.1) is 5.92 Å². The first-order chi connectivity index (χ1) is 6.61. The van der Waals surface area contributed by atoms with Crippen molar-refractivity contribution in [1.82, 2.24) is 0 Å². The van der Waals surface area contributed by atoms with Crippen LogP contribution < -0.4 is 0 Å². The van der Waals surface area contributed by atoms with Crippen LogP contribution in [0.3, 0.4) is 0 Å². The van der Waals surface area contributed by atoms with E-state index in [1.54, 1.807) is 0 Å². The van der Waals surface area contributed by atoms with Crippen molar-refractivity contribution in [3.05, 3.63) is 0 Å². The molecule has 4 nitrogen and oxygen atoms in total. The third-order valence-electron chi connectivity index (χ3n) is 3.01. The smallest absolute Gasteiger partial charge is 0.451 e. The first kappa shape index (κ1) is 11.5. The van der Waals surface area contributed by atoms with Crippen molar-refractivity contribution in [3.8, 4) is 0 Å². The van der Waals surface area contributed by atoms with Crippen molar-refractivity contribution in [2.24, 2.45) is 11.8 Å². The molecule has 1 saturated carbocycles. The van der Waals surface area contributed by atoms with Crippen LogP contribution in [0.25, 0.3) is 0 Å². The van der Waals surface area contributed by atoms with Gasteiger partial charge in [-0.1, -0.05) is 19.3 Å². The van der Waals surface area contributed by atoms with E-state index in [-0.39, 0.29) is 11.8 Å². The molecule has 1 fully saturated rings. The number of hydrogen-bond acceptors (Lipinski definition) is 3. The first-order valence-corrected chi connectivity index (χ1v) is 5.20.